The number of nitrogens with one attached hydrogen (secondary N) is 1. The van der Waals surface area contributed by atoms with E-state index >= 15 is 0 Å². The maximum Gasteiger partial charge on any atom is 0.240 e. The van der Waals surface area contributed by atoms with E-state index in [1.807, 2.05) is 18.2 Å². The second-order valence-corrected chi connectivity index (χ2v) is 6.44. The van der Waals surface area contributed by atoms with Gasteiger partial charge in [-0.15, -0.1) is 12.4 Å². The summed E-state index contributed by atoms with van der Waals surface area (Å²) in [5, 5.41) is 8.36. The van der Waals surface area contributed by atoms with Crippen molar-refractivity contribution < 1.29 is 4.52 Å². The van der Waals surface area contributed by atoms with Crippen LogP contribution in [-0.4, -0.2) is 34.7 Å². The van der Waals surface area contributed by atoms with E-state index in [9.17, 15) is 0 Å². The van der Waals surface area contributed by atoms with E-state index in [0.717, 1.165) is 36.0 Å². The molecule has 1 aromatic heterocycles. The van der Waals surface area contributed by atoms with E-state index in [0.29, 0.717) is 18.4 Å². The Morgan fingerprint density at radius 2 is 2.13 bits per heavy atom. The molecule has 1 atom stereocenters. The predicted octanol–water partition coefficient (Wildman–Crippen LogP) is 3.17. The number of hydrogen-bond acceptors (Lipinski definition) is 5. The lowest BCUT2D eigenvalue weighted by Crippen LogP contribution is -2.45. The van der Waals surface area contributed by atoms with Gasteiger partial charge in [-0.2, -0.15) is 4.98 Å². The van der Waals surface area contributed by atoms with Gasteiger partial charge in [0.1, 0.15) is 0 Å². The van der Waals surface area contributed by atoms with Crippen molar-refractivity contribution in [2.45, 2.75) is 31.3 Å². The lowest BCUT2D eigenvalue weighted by molar-refractivity contribution is 0.135. The minimum Gasteiger partial charge on any atom is -0.338 e. The van der Waals surface area contributed by atoms with E-state index in [1.54, 1.807) is 0 Å². The highest BCUT2D eigenvalue weighted by Gasteiger charge is 2.30. The Bertz CT molecular complexity index is 659. The number of hydrogen-bond donors (Lipinski definition) is 1. The van der Waals surface area contributed by atoms with Crippen molar-refractivity contribution in [3.63, 3.8) is 0 Å². The normalized spacial score (nSPS) is 21.9. The van der Waals surface area contributed by atoms with Crippen LogP contribution in [0.3, 0.4) is 0 Å². The molecule has 1 N–H and O–H groups in total. The van der Waals surface area contributed by atoms with Gasteiger partial charge in [-0.25, -0.2) is 0 Å². The van der Waals surface area contributed by atoms with Crippen LogP contribution in [0.25, 0.3) is 0 Å². The van der Waals surface area contributed by atoms with Crippen LogP contribution in [0.4, 0.5) is 0 Å². The monoisotopic (exact) mass is 354 g/mol. The van der Waals surface area contributed by atoms with Crippen molar-refractivity contribution in [2.24, 2.45) is 0 Å². The van der Waals surface area contributed by atoms with Gasteiger partial charge in [0, 0.05) is 36.6 Å². The lowest BCUT2D eigenvalue weighted by atomic mass is 10.0. The molecule has 2 aromatic rings. The van der Waals surface area contributed by atoms with Crippen LogP contribution in [0.1, 0.15) is 42.1 Å². The molecular weight excluding hydrogens is 335 g/mol. The zero-order valence-electron chi connectivity index (χ0n) is 12.7. The fraction of sp³-hybridized carbons (Fsp3) is 0.500. The molecule has 2 fully saturated rings. The van der Waals surface area contributed by atoms with E-state index in [2.05, 4.69) is 26.4 Å². The summed E-state index contributed by atoms with van der Waals surface area (Å²) in [6, 6.07) is 8.27. The molecule has 0 spiro atoms. The van der Waals surface area contributed by atoms with Crippen LogP contribution >= 0.6 is 24.0 Å². The summed E-state index contributed by atoms with van der Waals surface area (Å²) in [7, 11) is 0. The van der Waals surface area contributed by atoms with Crippen molar-refractivity contribution in [3.05, 3.63) is 46.6 Å². The maximum atomic E-state index is 6.37. The first kappa shape index (κ1) is 16.7. The highest BCUT2D eigenvalue weighted by atomic mass is 35.5. The number of nitrogens with zero attached hydrogens (tertiary/aromatic N) is 3. The molecule has 1 saturated heterocycles. The van der Waals surface area contributed by atoms with Crippen LogP contribution < -0.4 is 5.32 Å². The molecule has 1 aliphatic heterocycles. The molecule has 1 unspecified atom stereocenters. The standard InChI is InChI=1S/C16H19ClN4O.ClH/c17-13-4-2-1-3-12(13)14-9-18-7-8-21(14)10-15-19-16(20-22-15)11-5-6-11;/h1-4,11,14,18H,5-10H2;1H. The van der Waals surface area contributed by atoms with Gasteiger partial charge in [-0.3, -0.25) is 4.90 Å². The fourth-order valence-electron chi connectivity index (χ4n) is 3.00. The van der Waals surface area contributed by atoms with Crippen LogP contribution in [0.15, 0.2) is 28.8 Å². The molecule has 5 nitrogen and oxygen atoms in total. The Balaban J connectivity index is 0.00000156. The molecule has 4 rings (SSSR count). The Labute approximate surface area is 146 Å². The molecule has 2 heterocycles. The number of halogens is 2. The summed E-state index contributed by atoms with van der Waals surface area (Å²) < 4.78 is 5.43. The van der Waals surface area contributed by atoms with E-state index in [4.69, 9.17) is 16.1 Å². The number of aromatic nitrogens is 2. The topological polar surface area (TPSA) is 54.2 Å². The van der Waals surface area contributed by atoms with E-state index in [-0.39, 0.29) is 18.4 Å². The summed E-state index contributed by atoms with van der Waals surface area (Å²) in [6.07, 6.45) is 2.38. The van der Waals surface area contributed by atoms with Gasteiger partial charge < -0.3 is 9.84 Å². The molecule has 0 amide bonds. The molecule has 1 saturated carbocycles. The van der Waals surface area contributed by atoms with Gasteiger partial charge >= 0.3 is 0 Å². The van der Waals surface area contributed by atoms with Gasteiger partial charge in [0.05, 0.1) is 6.54 Å². The largest absolute Gasteiger partial charge is 0.338 e. The van der Waals surface area contributed by atoms with Crippen molar-refractivity contribution in [3.8, 4) is 0 Å². The molecule has 1 aromatic carbocycles. The van der Waals surface area contributed by atoms with Crippen molar-refractivity contribution in [1.82, 2.24) is 20.4 Å². The van der Waals surface area contributed by atoms with Crippen LogP contribution in [0, 0.1) is 0 Å². The highest BCUT2D eigenvalue weighted by Crippen LogP contribution is 2.38. The summed E-state index contributed by atoms with van der Waals surface area (Å²) in [5.74, 6) is 2.11. The smallest absolute Gasteiger partial charge is 0.240 e. The van der Waals surface area contributed by atoms with Gasteiger partial charge in [0.25, 0.3) is 0 Å². The first-order valence-corrected chi connectivity index (χ1v) is 8.21. The molecule has 0 bridgehead atoms. The SMILES string of the molecule is Cl.Clc1ccccc1C1CNCCN1Cc1nc(C2CC2)no1. The van der Waals surface area contributed by atoms with E-state index in [1.165, 1.54) is 12.8 Å². The third kappa shape index (κ3) is 3.69. The second kappa shape index (κ2) is 7.18. The summed E-state index contributed by atoms with van der Waals surface area (Å²) >= 11 is 6.37. The van der Waals surface area contributed by atoms with E-state index < -0.39 is 0 Å². The number of piperazine rings is 1. The van der Waals surface area contributed by atoms with Gasteiger partial charge in [0.2, 0.25) is 5.89 Å². The Kier molecular flexibility index (Phi) is 5.21. The molecule has 2 aliphatic rings. The minimum absolute atomic E-state index is 0. The zero-order valence-corrected chi connectivity index (χ0v) is 14.3. The summed E-state index contributed by atoms with van der Waals surface area (Å²) in [4.78, 5) is 6.91. The quantitative estimate of drug-likeness (QED) is 0.913. The lowest BCUT2D eigenvalue weighted by Gasteiger charge is -2.35. The molecule has 23 heavy (non-hydrogen) atoms. The minimum atomic E-state index is 0. The zero-order chi connectivity index (χ0) is 14.9. The van der Waals surface area contributed by atoms with Crippen molar-refractivity contribution in [2.75, 3.05) is 19.6 Å². The van der Waals surface area contributed by atoms with Crippen LogP contribution in [-0.2, 0) is 6.54 Å². The molecule has 124 valence electrons. The Hall–Kier alpha value is -1.14. The predicted molar refractivity (Wildman–Crippen MR) is 91.0 cm³/mol. The highest BCUT2D eigenvalue weighted by molar-refractivity contribution is 6.31. The van der Waals surface area contributed by atoms with Crippen LogP contribution in [0.5, 0.6) is 0 Å². The third-order valence-electron chi connectivity index (χ3n) is 4.38. The van der Waals surface area contributed by atoms with Crippen molar-refractivity contribution >= 4 is 24.0 Å². The Morgan fingerprint density at radius 3 is 2.91 bits per heavy atom. The van der Waals surface area contributed by atoms with Gasteiger partial charge in [-0.1, -0.05) is 35.0 Å². The summed E-state index contributed by atoms with van der Waals surface area (Å²) in [5.41, 5.74) is 1.15. The maximum absolute atomic E-state index is 6.37. The Morgan fingerprint density at radius 1 is 1.30 bits per heavy atom. The first-order chi connectivity index (χ1) is 10.8. The molecule has 0 radical (unpaired) electrons. The third-order valence-corrected chi connectivity index (χ3v) is 4.73. The molecular formula is C16H20Cl2N4O. The van der Waals surface area contributed by atoms with Gasteiger partial charge in [0.15, 0.2) is 5.82 Å². The first-order valence-electron chi connectivity index (χ1n) is 7.83. The molecule has 7 heteroatoms. The van der Waals surface area contributed by atoms with Gasteiger partial charge in [-0.05, 0) is 24.5 Å². The van der Waals surface area contributed by atoms with Crippen molar-refractivity contribution in [1.29, 1.82) is 0 Å². The fourth-order valence-corrected chi connectivity index (χ4v) is 3.26. The number of benzene rings is 1. The van der Waals surface area contributed by atoms with Crippen LogP contribution in [0.2, 0.25) is 5.02 Å². The number of rotatable bonds is 4. The average Bonchev–Trinajstić information content (AvgIpc) is 3.29. The second-order valence-electron chi connectivity index (χ2n) is 6.03. The summed E-state index contributed by atoms with van der Waals surface area (Å²) in [6.45, 7) is 3.46. The molecule has 1 aliphatic carbocycles. The average molecular weight is 355 g/mol.